The average Bonchev–Trinajstić information content (AvgIpc) is 0.850. The number of pyridine rings is 3. The maximum atomic E-state index is 13.6. The number of likely N-dealkylation sites (N-methyl/N-ethyl adjacent to an activating group) is 3. The molecule has 18 N–H and O–H groups in total. The number of rotatable bonds is 58. The van der Waals surface area contributed by atoms with Crippen molar-refractivity contribution in [2.45, 2.75) is 341 Å². The molecule has 3 rings (SSSR count). The van der Waals surface area contributed by atoms with Crippen LogP contribution in [0.15, 0.2) is 73.6 Å². The lowest BCUT2D eigenvalue weighted by molar-refractivity contribution is -0.605. The van der Waals surface area contributed by atoms with Gasteiger partial charge in [-0.15, -0.1) is 0 Å². The largest absolute Gasteiger partial charge is 0.619 e. The quantitative estimate of drug-likeness (QED) is 0.0285. The molecule has 19 atom stereocenters. The first-order valence-corrected chi connectivity index (χ1v) is 48.0. The molecule has 0 aliphatic carbocycles. The molecule has 39 nitrogen and oxygen atoms in total. The Morgan fingerprint density at radius 3 is 0.791 bits per heavy atom. The fraction of sp³-hybridized carbons (Fsp3) is 0.684. The van der Waals surface area contributed by atoms with E-state index in [0.717, 1.165) is 12.8 Å². The van der Waals surface area contributed by atoms with Gasteiger partial charge in [0.1, 0.15) is 54.4 Å². The number of hydrogen-bond donors (Lipinski definition) is 18. The van der Waals surface area contributed by atoms with Crippen LogP contribution in [0.4, 0.5) is 0 Å². The summed E-state index contributed by atoms with van der Waals surface area (Å²) < 4.78 is 1.70. The zero-order valence-electron chi connectivity index (χ0n) is 84.0. The molecule has 0 fully saturated rings. The molecule has 3 aromatic rings. The zero-order valence-corrected chi connectivity index (χ0v) is 84.0. The number of carbonyl (C=O) groups excluding carboxylic acids is 15. The van der Waals surface area contributed by atoms with Gasteiger partial charge < -0.3 is 111 Å². The van der Waals surface area contributed by atoms with Gasteiger partial charge in [-0.3, -0.25) is 71.9 Å². The first kappa shape index (κ1) is 121. The van der Waals surface area contributed by atoms with Crippen LogP contribution >= 0.6 is 0 Å². The molecule has 3 heterocycles. The summed E-state index contributed by atoms with van der Waals surface area (Å²) in [6, 6.07) is -1.84. The van der Waals surface area contributed by atoms with Gasteiger partial charge in [0.05, 0.1) is 34.8 Å². The van der Waals surface area contributed by atoms with Crippen molar-refractivity contribution in [1.29, 1.82) is 0 Å². The van der Waals surface area contributed by atoms with E-state index in [1.165, 1.54) is 73.6 Å². The van der Waals surface area contributed by atoms with E-state index in [9.17, 15) is 87.5 Å². The van der Waals surface area contributed by atoms with Gasteiger partial charge in [0.15, 0.2) is 37.2 Å². The van der Waals surface area contributed by atoms with Gasteiger partial charge in [-0.2, -0.15) is 14.2 Å². The number of hydrogen-bond acceptors (Lipinski definition) is 21. The number of aromatic nitrogens is 3. The molecule has 0 aromatic carbocycles. The van der Waals surface area contributed by atoms with Crippen molar-refractivity contribution in [2.75, 3.05) is 39.3 Å². The molecular formula is C95H163N21O18. The third-order valence-corrected chi connectivity index (χ3v) is 23.2. The van der Waals surface area contributed by atoms with Gasteiger partial charge in [-0.25, -0.2) is 0 Å². The molecule has 0 bridgehead atoms. The van der Waals surface area contributed by atoms with Crippen LogP contribution < -0.4 is 110 Å². The number of nitrogens with zero attached hydrogens (tertiary/aromatic N) is 3. The molecule has 0 spiro atoms. The first-order chi connectivity index (χ1) is 63.2. The van der Waals surface area contributed by atoms with E-state index in [4.69, 9.17) is 0 Å². The van der Waals surface area contributed by atoms with E-state index in [1.54, 1.807) is 27.7 Å². The van der Waals surface area contributed by atoms with Gasteiger partial charge in [-0.05, 0) is 116 Å². The Bertz CT molecular complexity index is 4110. The van der Waals surface area contributed by atoms with Crippen LogP contribution in [0.1, 0.15) is 281 Å². The molecule has 0 saturated heterocycles. The molecule has 756 valence electrons. The van der Waals surface area contributed by atoms with Crippen LogP contribution in [0.25, 0.3) is 0 Å². The number of nitrogens with one attached hydrogen (secondary N) is 18. The van der Waals surface area contributed by atoms with Gasteiger partial charge in [0, 0.05) is 93.8 Å². The molecule has 39 heteroatoms. The van der Waals surface area contributed by atoms with Crippen LogP contribution in [0, 0.1) is 57.0 Å². The fourth-order valence-corrected chi connectivity index (χ4v) is 13.7. The third-order valence-electron chi connectivity index (χ3n) is 23.2. The van der Waals surface area contributed by atoms with E-state index < -0.39 is 108 Å². The van der Waals surface area contributed by atoms with Crippen molar-refractivity contribution in [3.8, 4) is 0 Å². The molecule has 0 radical (unpaired) electrons. The van der Waals surface area contributed by atoms with Crippen LogP contribution in [-0.2, 0) is 57.5 Å². The molecule has 15 amide bonds. The SMILES string of the molecule is CCC[C@@H](CN[C@@H](C)C(=O)N[C@H](C(=O)NCC)C(C)C)NC(=O)[C@H](CCC)NC(=O)[C@@H](NC(=O)c1cc[n+]([O-])cc1)[C@@H](C)CC.CCC[C@H](NC(=O)[C@@H](NC(=O)c1cc[n+]([O-])cc1)[C@@H](C)CC)C(=O)N[C@@H](C)CN[C@@H](C)C(=O)N[C@H](C(=O)NCC)C(C)C.CCC[C@H](NC(=O)[C@@H](NC(=O)c1cc[n+]([O-])cc1)[C@@H](C)CC)C(=O)N[C@H](CN[C@@H](C)C(=O)N[C@H](C(=O)NCC)C(C)C)[C@@H](C)CC. The summed E-state index contributed by atoms with van der Waals surface area (Å²) in [6.07, 6.45) is 14.3. The van der Waals surface area contributed by atoms with Crippen LogP contribution in [-0.4, -0.2) is 219 Å². The third kappa shape index (κ3) is 43.9. The maximum Gasteiger partial charge on any atom is 0.252 e. The van der Waals surface area contributed by atoms with Crippen molar-refractivity contribution in [3.63, 3.8) is 0 Å². The second-order valence-electron chi connectivity index (χ2n) is 35.6. The minimum Gasteiger partial charge on any atom is -0.619 e. The van der Waals surface area contributed by atoms with Crippen molar-refractivity contribution >= 4 is 88.6 Å². The molecule has 0 aliphatic rings. The van der Waals surface area contributed by atoms with E-state index in [1.807, 2.05) is 145 Å². The van der Waals surface area contributed by atoms with Gasteiger partial charge in [-0.1, -0.05) is 176 Å². The summed E-state index contributed by atoms with van der Waals surface area (Å²) in [5.41, 5.74) is 0.726. The van der Waals surface area contributed by atoms with Gasteiger partial charge >= 0.3 is 0 Å². The highest BCUT2D eigenvalue weighted by Crippen LogP contribution is 2.18. The normalized spacial score (nSPS) is 15.4. The average molecular weight is 1890 g/mol. The Hall–Kier alpha value is -11.2. The Labute approximate surface area is 794 Å². The standard InChI is InChI=1S/C33H57N7O6.C32H55N7O6.C30H51N7O6/c1-10-14-25(36-33(45)28(22(8)12-3)39-30(42)24-15-17-40(46)18-16-24)31(43)37-26(21(7)11-2)19-35-23(9)29(41)38-27(20(5)6)32(44)34-13-4;1-9-13-24(19-34-22(8)28(40)37-26(20(5)6)31(43)33-12-4)35-30(42)25(14-10-2)36-32(44)27(21(7)11-3)38-29(41)23-15-17-39(45)18-16-23;1-9-12-23(34-30(42)25(19(6)10-2)36-27(39)22-13-15-37(43)16-14-22)28(40)33-20(7)17-32-21(8)26(38)35-24(18(4)5)29(41)31-11-3/h15-18,20-23,25-28,35H,10-14,19H2,1-9H3,(H,34,44)(H,36,45)(H,37,43)(H,38,41)(H,39,42);15-18,20-22,24-27,34H,9-14,19H2,1-8H3,(H,33,43)(H,35,42)(H,36,44)(H,37,40)(H,38,41);13-16,18-21,23-25,32H,9-12,17H2,1-8H3,(H,31,41)(H,33,40)(H,34,42)(H,35,38)(H,36,39)/t21-,22-,23-,25-,26+,27-,28-;21-,22-,24-,25-,26-,27-;19-,20-,21-,23-,24-,25-/m000/s1. The lowest BCUT2D eigenvalue weighted by Gasteiger charge is -2.30. The van der Waals surface area contributed by atoms with Crippen LogP contribution in [0.3, 0.4) is 0 Å². The van der Waals surface area contributed by atoms with E-state index in [2.05, 4.69) is 95.7 Å². The lowest BCUT2D eigenvalue weighted by Crippen LogP contribution is -2.59. The summed E-state index contributed by atoms with van der Waals surface area (Å²) in [6.45, 7) is 48.7. The van der Waals surface area contributed by atoms with Crippen molar-refractivity contribution in [1.82, 2.24) is 95.7 Å². The van der Waals surface area contributed by atoms with Gasteiger partial charge in [0.2, 0.25) is 70.9 Å². The predicted molar refractivity (Wildman–Crippen MR) is 513 cm³/mol. The van der Waals surface area contributed by atoms with Crippen molar-refractivity contribution in [2.24, 2.45) is 41.4 Å². The zero-order chi connectivity index (χ0) is 102. The summed E-state index contributed by atoms with van der Waals surface area (Å²) >= 11 is 0. The van der Waals surface area contributed by atoms with E-state index in [0.29, 0.717) is 111 Å². The van der Waals surface area contributed by atoms with Crippen LogP contribution in [0.5, 0.6) is 0 Å². The fourth-order valence-electron chi connectivity index (χ4n) is 13.7. The summed E-state index contributed by atoms with van der Waals surface area (Å²) in [7, 11) is 0. The minimum absolute atomic E-state index is 0.0502. The maximum absolute atomic E-state index is 13.6. The first-order valence-electron chi connectivity index (χ1n) is 48.0. The highest BCUT2D eigenvalue weighted by molar-refractivity contribution is 6.01. The number of amides is 15. The van der Waals surface area contributed by atoms with Gasteiger partial charge in [0.25, 0.3) is 17.7 Å². The Morgan fingerprint density at radius 2 is 0.530 bits per heavy atom. The second kappa shape index (κ2) is 64.6. The second-order valence-corrected chi connectivity index (χ2v) is 35.6. The Morgan fingerprint density at radius 1 is 0.269 bits per heavy atom. The number of carbonyl (C=O) groups is 15. The highest BCUT2D eigenvalue weighted by Gasteiger charge is 2.37. The molecular weight excluding hydrogens is 1720 g/mol. The molecule has 134 heavy (non-hydrogen) atoms. The van der Waals surface area contributed by atoms with Crippen LogP contribution in [0.2, 0.25) is 0 Å². The monoisotopic (exact) mass is 1890 g/mol. The molecule has 0 saturated carbocycles. The summed E-state index contributed by atoms with van der Waals surface area (Å²) in [5, 5.41) is 85.8. The topological polar surface area (TPSA) is 553 Å². The smallest absolute Gasteiger partial charge is 0.252 e. The Balaban J connectivity index is 0.00000101. The molecule has 3 aromatic heterocycles. The summed E-state index contributed by atoms with van der Waals surface area (Å²) in [5.74, 6) is -6.59. The van der Waals surface area contributed by atoms with E-state index >= 15 is 0 Å². The van der Waals surface area contributed by atoms with E-state index in [-0.39, 0.29) is 136 Å². The van der Waals surface area contributed by atoms with Crippen molar-refractivity contribution < 1.29 is 86.1 Å². The Kier molecular flexibility index (Phi) is 58.3. The minimum atomic E-state index is -0.898. The molecule has 0 aliphatic heterocycles. The summed E-state index contributed by atoms with van der Waals surface area (Å²) in [4.78, 5) is 195. The highest BCUT2D eigenvalue weighted by atomic mass is 16.5. The molecule has 0 unspecified atom stereocenters. The van der Waals surface area contributed by atoms with Crippen molar-refractivity contribution in [3.05, 3.63) is 106 Å². The lowest BCUT2D eigenvalue weighted by atomic mass is 9.96. The predicted octanol–water partition coefficient (Wildman–Crippen LogP) is 3.33.